The molecule has 1 aliphatic heterocycles. The summed E-state index contributed by atoms with van der Waals surface area (Å²) < 4.78 is 0. The number of piperazine rings is 1. The van der Waals surface area contributed by atoms with Crippen molar-refractivity contribution in [2.75, 3.05) is 19.6 Å². The first-order chi connectivity index (χ1) is 8.66. The summed E-state index contributed by atoms with van der Waals surface area (Å²) in [6.45, 7) is 10.8. The fourth-order valence-corrected chi connectivity index (χ4v) is 3.67. The van der Waals surface area contributed by atoms with Crippen LogP contribution in [0.2, 0.25) is 0 Å². The van der Waals surface area contributed by atoms with Crippen LogP contribution in [-0.2, 0) is 0 Å². The molecule has 1 aliphatic carbocycles. The highest BCUT2D eigenvalue weighted by Gasteiger charge is 2.32. The molecule has 18 heavy (non-hydrogen) atoms. The number of rotatable bonds is 4. The van der Waals surface area contributed by atoms with Gasteiger partial charge in [0.1, 0.15) is 0 Å². The van der Waals surface area contributed by atoms with Crippen LogP contribution in [0.15, 0.2) is 0 Å². The molecule has 106 valence electrons. The summed E-state index contributed by atoms with van der Waals surface area (Å²) in [6.07, 6.45) is 8.70. The van der Waals surface area contributed by atoms with Crippen LogP contribution in [0.5, 0.6) is 0 Å². The molecule has 0 radical (unpaired) electrons. The van der Waals surface area contributed by atoms with Gasteiger partial charge < -0.3 is 5.32 Å². The Morgan fingerprint density at radius 2 is 1.89 bits per heavy atom. The molecule has 0 amide bonds. The van der Waals surface area contributed by atoms with E-state index >= 15 is 0 Å². The van der Waals surface area contributed by atoms with Crippen LogP contribution in [0, 0.1) is 11.8 Å². The zero-order chi connectivity index (χ0) is 13.0. The molecule has 0 aromatic carbocycles. The summed E-state index contributed by atoms with van der Waals surface area (Å²) in [4.78, 5) is 2.80. The van der Waals surface area contributed by atoms with Crippen LogP contribution in [-0.4, -0.2) is 36.6 Å². The summed E-state index contributed by atoms with van der Waals surface area (Å²) in [5, 5.41) is 3.71. The van der Waals surface area contributed by atoms with Crippen molar-refractivity contribution >= 4 is 0 Å². The maximum atomic E-state index is 3.71. The highest BCUT2D eigenvalue weighted by atomic mass is 15.2. The van der Waals surface area contributed by atoms with Gasteiger partial charge in [0.2, 0.25) is 0 Å². The zero-order valence-corrected chi connectivity index (χ0v) is 12.6. The lowest BCUT2D eigenvalue weighted by atomic mass is 9.82. The molecule has 2 unspecified atom stereocenters. The highest BCUT2D eigenvalue weighted by molar-refractivity contribution is 4.89. The van der Waals surface area contributed by atoms with E-state index in [1.807, 2.05) is 0 Å². The second-order valence-electron chi connectivity index (χ2n) is 6.95. The molecule has 1 heterocycles. The average Bonchev–Trinajstić information content (AvgIpc) is 2.37. The maximum Gasteiger partial charge on any atom is 0.0249 e. The molecule has 0 aromatic heterocycles. The molecule has 2 nitrogen and oxygen atoms in total. The normalized spacial score (nSPS) is 32.0. The quantitative estimate of drug-likeness (QED) is 0.826. The largest absolute Gasteiger partial charge is 0.311 e. The van der Waals surface area contributed by atoms with Crippen molar-refractivity contribution in [3.63, 3.8) is 0 Å². The van der Waals surface area contributed by atoms with Crippen LogP contribution in [0.1, 0.15) is 59.3 Å². The molecule has 0 aromatic rings. The molecule has 0 bridgehead atoms. The summed E-state index contributed by atoms with van der Waals surface area (Å²) in [5.41, 5.74) is 0. The van der Waals surface area contributed by atoms with Gasteiger partial charge in [-0.15, -0.1) is 0 Å². The van der Waals surface area contributed by atoms with Crippen LogP contribution < -0.4 is 5.32 Å². The molecule has 2 fully saturated rings. The molecule has 1 saturated carbocycles. The van der Waals surface area contributed by atoms with Crippen molar-refractivity contribution in [1.82, 2.24) is 10.2 Å². The van der Waals surface area contributed by atoms with E-state index in [2.05, 4.69) is 31.0 Å². The lowest BCUT2D eigenvalue weighted by molar-refractivity contribution is 0.0714. The lowest BCUT2D eigenvalue weighted by Gasteiger charge is -2.44. The average molecular weight is 252 g/mol. The Balaban J connectivity index is 1.91. The first-order valence-corrected chi connectivity index (χ1v) is 8.14. The Morgan fingerprint density at radius 1 is 1.17 bits per heavy atom. The van der Waals surface area contributed by atoms with E-state index in [1.54, 1.807) is 0 Å². The SMILES string of the molecule is CC(C)CCN1CC(C)NCC1C1CCCCC1. The van der Waals surface area contributed by atoms with Gasteiger partial charge in [-0.2, -0.15) is 0 Å². The van der Waals surface area contributed by atoms with Crippen molar-refractivity contribution in [3.8, 4) is 0 Å². The fraction of sp³-hybridized carbons (Fsp3) is 1.00. The van der Waals surface area contributed by atoms with Crippen molar-refractivity contribution < 1.29 is 0 Å². The van der Waals surface area contributed by atoms with Crippen LogP contribution in [0.4, 0.5) is 0 Å². The zero-order valence-electron chi connectivity index (χ0n) is 12.6. The third kappa shape index (κ3) is 3.96. The first-order valence-electron chi connectivity index (χ1n) is 8.14. The Bertz CT molecular complexity index is 233. The maximum absolute atomic E-state index is 3.71. The minimum atomic E-state index is 0.678. The molecule has 2 atom stereocenters. The molecule has 1 saturated heterocycles. The minimum Gasteiger partial charge on any atom is -0.311 e. The Kier molecular flexibility index (Phi) is 5.50. The third-order valence-electron chi connectivity index (χ3n) is 4.84. The fourth-order valence-electron chi connectivity index (χ4n) is 3.67. The van der Waals surface area contributed by atoms with Gasteiger partial charge in [0.05, 0.1) is 0 Å². The van der Waals surface area contributed by atoms with E-state index in [0.717, 1.165) is 17.9 Å². The van der Waals surface area contributed by atoms with Crippen LogP contribution >= 0.6 is 0 Å². The highest BCUT2D eigenvalue weighted by Crippen LogP contribution is 2.30. The van der Waals surface area contributed by atoms with Gasteiger partial charge in [-0.05, 0) is 44.6 Å². The summed E-state index contributed by atoms with van der Waals surface area (Å²) >= 11 is 0. The van der Waals surface area contributed by atoms with E-state index in [1.165, 1.54) is 58.2 Å². The monoisotopic (exact) mass is 252 g/mol. The van der Waals surface area contributed by atoms with Crippen LogP contribution in [0.25, 0.3) is 0 Å². The number of hydrogen-bond donors (Lipinski definition) is 1. The molecule has 0 spiro atoms. The van der Waals surface area contributed by atoms with E-state index < -0.39 is 0 Å². The summed E-state index contributed by atoms with van der Waals surface area (Å²) in [5.74, 6) is 1.80. The van der Waals surface area contributed by atoms with Gasteiger partial charge in [0.25, 0.3) is 0 Å². The number of nitrogens with one attached hydrogen (secondary N) is 1. The number of hydrogen-bond acceptors (Lipinski definition) is 2. The third-order valence-corrected chi connectivity index (χ3v) is 4.84. The second kappa shape index (κ2) is 6.91. The van der Waals surface area contributed by atoms with Gasteiger partial charge in [-0.3, -0.25) is 4.90 Å². The van der Waals surface area contributed by atoms with E-state index in [-0.39, 0.29) is 0 Å². The van der Waals surface area contributed by atoms with Crippen molar-refractivity contribution in [2.24, 2.45) is 11.8 Å². The molecule has 2 rings (SSSR count). The van der Waals surface area contributed by atoms with Gasteiger partial charge in [0, 0.05) is 25.2 Å². The summed E-state index contributed by atoms with van der Waals surface area (Å²) in [7, 11) is 0. The molecule has 1 N–H and O–H groups in total. The number of nitrogens with zero attached hydrogens (tertiary/aromatic N) is 1. The molecule has 2 heteroatoms. The Hall–Kier alpha value is -0.0800. The molecular weight excluding hydrogens is 220 g/mol. The van der Waals surface area contributed by atoms with E-state index in [0.29, 0.717) is 6.04 Å². The predicted octanol–water partition coefficient (Wildman–Crippen LogP) is 3.28. The second-order valence-corrected chi connectivity index (χ2v) is 6.95. The smallest absolute Gasteiger partial charge is 0.0249 e. The van der Waals surface area contributed by atoms with Crippen molar-refractivity contribution in [1.29, 1.82) is 0 Å². The topological polar surface area (TPSA) is 15.3 Å². The molecule has 2 aliphatic rings. The van der Waals surface area contributed by atoms with Gasteiger partial charge in [-0.25, -0.2) is 0 Å². The van der Waals surface area contributed by atoms with E-state index in [4.69, 9.17) is 0 Å². The minimum absolute atomic E-state index is 0.678. The van der Waals surface area contributed by atoms with Gasteiger partial charge in [-0.1, -0.05) is 33.1 Å². The predicted molar refractivity (Wildman–Crippen MR) is 78.9 cm³/mol. The summed E-state index contributed by atoms with van der Waals surface area (Å²) in [6, 6.07) is 1.50. The standard InChI is InChI=1S/C16H32N2/c1-13(2)9-10-18-12-14(3)17-11-16(18)15-7-5-4-6-8-15/h13-17H,4-12H2,1-3H3. The first kappa shape index (κ1) is 14.3. The van der Waals surface area contributed by atoms with Crippen molar-refractivity contribution in [3.05, 3.63) is 0 Å². The Labute approximate surface area is 114 Å². The lowest BCUT2D eigenvalue weighted by Crippen LogP contribution is -2.58. The Morgan fingerprint density at radius 3 is 2.56 bits per heavy atom. The van der Waals surface area contributed by atoms with E-state index in [9.17, 15) is 0 Å². The van der Waals surface area contributed by atoms with Crippen molar-refractivity contribution in [2.45, 2.75) is 71.4 Å². The molecular formula is C16H32N2. The van der Waals surface area contributed by atoms with Gasteiger partial charge >= 0.3 is 0 Å². The van der Waals surface area contributed by atoms with Gasteiger partial charge in [0.15, 0.2) is 0 Å². The van der Waals surface area contributed by atoms with Crippen LogP contribution in [0.3, 0.4) is 0 Å².